The number of ether oxygens (including phenoxy) is 1. The molecular formula is C26H25N3O6S. The second-order valence-electron chi connectivity index (χ2n) is 8.08. The molecule has 0 unspecified atom stereocenters. The van der Waals surface area contributed by atoms with E-state index in [4.69, 9.17) is 9.15 Å². The number of amides is 1. The van der Waals surface area contributed by atoms with E-state index in [1.54, 1.807) is 61.7 Å². The highest BCUT2D eigenvalue weighted by Gasteiger charge is 2.23. The minimum atomic E-state index is -3.69. The quantitative estimate of drug-likeness (QED) is 0.325. The zero-order chi connectivity index (χ0) is 25.9. The Kier molecular flexibility index (Phi) is 7.09. The minimum absolute atomic E-state index is 0.0174. The largest absolute Gasteiger partial charge is 0.497 e. The lowest BCUT2D eigenvalue weighted by atomic mass is 10.1. The Hall–Kier alpha value is -4.15. The highest BCUT2D eigenvalue weighted by atomic mass is 32.2. The van der Waals surface area contributed by atoms with Crippen molar-refractivity contribution >= 4 is 44.1 Å². The van der Waals surface area contributed by atoms with Gasteiger partial charge in [0.25, 0.3) is 5.91 Å². The number of para-hydroxylation sites is 1. The van der Waals surface area contributed by atoms with Crippen LogP contribution in [0.3, 0.4) is 0 Å². The maximum atomic E-state index is 13.1. The Morgan fingerprint density at radius 2 is 1.69 bits per heavy atom. The molecule has 0 bridgehead atoms. The van der Waals surface area contributed by atoms with Crippen molar-refractivity contribution < 1.29 is 27.2 Å². The van der Waals surface area contributed by atoms with Gasteiger partial charge in [0.05, 0.1) is 24.2 Å². The number of hydrogen-bond acceptors (Lipinski definition) is 7. The molecule has 0 atom stereocenters. The molecule has 1 amide bonds. The molecule has 10 heteroatoms. The number of nitrogens with zero attached hydrogens (tertiary/aromatic N) is 1. The molecule has 1 heterocycles. The number of fused-ring (bicyclic) bond motifs is 1. The maximum Gasteiger partial charge on any atom is 0.293 e. The number of methoxy groups -OCH3 is 1. The Morgan fingerprint density at radius 1 is 0.972 bits per heavy atom. The fraction of sp³-hybridized carbons (Fsp3) is 0.154. The number of Topliss-reactive ketones (excluding diaryl/α,β-unsaturated/α-hetero) is 1. The first kappa shape index (κ1) is 25.0. The van der Waals surface area contributed by atoms with Crippen molar-refractivity contribution in [1.82, 2.24) is 4.31 Å². The SMILES string of the molecule is COc1ccc(NC(=O)c2oc3ccccc3c2NCC(=O)c2cccc(S(=O)(=O)N(C)C)c2)cc1. The van der Waals surface area contributed by atoms with Gasteiger partial charge in [0.1, 0.15) is 11.3 Å². The number of anilines is 2. The first-order valence-corrected chi connectivity index (χ1v) is 12.4. The third-order valence-electron chi connectivity index (χ3n) is 5.51. The molecule has 0 spiro atoms. The molecule has 2 N–H and O–H groups in total. The van der Waals surface area contributed by atoms with Crippen LogP contribution in [0.4, 0.5) is 11.4 Å². The van der Waals surface area contributed by atoms with Crippen LogP contribution in [-0.4, -0.2) is 52.2 Å². The molecule has 0 saturated heterocycles. The fourth-order valence-electron chi connectivity index (χ4n) is 3.55. The molecule has 0 radical (unpaired) electrons. The molecule has 4 aromatic rings. The van der Waals surface area contributed by atoms with Gasteiger partial charge in [-0.1, -0.05) is 24.3 Å². The van der Waals surface area contributed by atoms with Gasteiger partial charge >= 0.3 is 0 Å². The van der Waals surface area contributed by atoms with Gasteiger partial charge in [-0.2, -0.15) is 0 Å². The number of carbonyl (C=O) groups excluding carboxylic acids is 2. The number of benzene rings is 3. The van der Waals surface area contributed by atoms with Crippen LogP contribution in [-0.2, 0) is 10.0 Å². The molecule has 3 aromatic carbocycles. The van der Waals surface area contributed by atoms with Crippen molar-refractivity contribution in [1.29, 1.82) is 0 Å². The summed E-state index contributed by atoms with van der Waals surface area (Å²) in [4.78, 5) is 26.0. The Morgan fingerprint density at radius 3 is 2.39 bits per heavy atom. The summed E-state index contributed by atoms with van der Waals surface area (Å²) < 4.78 is 36.9. The van der Waals surface area contributed by atoms with Crippen LogP contribution in [0.25, 0.3) is 11.0 Å². The lowest BCUT2D eigenvalue weighted by molar-refractivity contribution is 0.0990. The van der Waals surface area contributed by atoms with E-state index in [-0.39, 0.29) is 28.5 Å². The Balaban J connectivity index is 1.58. The summed E-state index contributed by atoms with van der Waals surface area (Å²) in [5.74, 6) is -0.174. The highest BCUT2D eigenvalue weighted by molar-refractivity contribution is 7.89. The first-order chi connectivity index (χ1) is 17.2. The van der Waals surface area contributed by atoms with Crippen molar-refractivity contribution in [3.63, 3.8) is 0 Å². The van der Waals surface area contributed by atoms with Crippen molar-refractivity contribution in [2.75, 3.05) is 38.4 Å². The topological polar surface area (TPSA) is 118 Å². The molecular weight excluding hydrogens is 482 g/mol. The van der Waals surface area contributed by atoms with E-state index < -0.39 is 15.9 Å². The molecule has 1 aromatic heterocycles. The van der Waals surface area contributed by atoms with E-state index in [0.29, 0.717) is 28.1 Å². The second kappa shape index (κ2) is 10.2. The van der Waals surface area contributed by atoms with Crippen LogP contribution in [0.15, 0.2) is 82.1 Å². The van der Waals surface area contributed by atoms with E-state index in [9.17, 15) is 18.0 Å². The second-order valence-corrected chi connectivity index (χ2v) is 10.2. The average molecular weight is 508 g/mol. The number of nitrogens with one attached hydrogen (secondary N) is 2. The van der Waals surface area contributed by atoms with Gasteiger partial charge in [-0.3, -0.25) is 9.59 Å². The third-order valence-corrected chi connectivity index (χ3v) is 7.32. The molecule has 9 nitrogen and oxygen atoms in total. The van der Waals surface area contributed by atoms with Crippen molar-refractivity contribution in [3.8, 4) is 5.75 Å². The molecule has 0 aliphatic heterocycles. The summed E-state index contributed by atoms with van der Waals surface area (Å²) >= 11 is 0. The van der Waals surface area contributed by atoms with Crippen LogP contribution in [0.1, 0.15) is 20.9 Å². The first-order valence-electron chi connectivity index (χ1n) is 11.0. The number of ketones is 1. The number of rotatable bonds is 9. The van der Waals surface area contributed by atoms with E-state index in [1.807, 2.05) is 0 Å². The number of carbonyl (C=O) groups is 2. The highest BCUT2D eigenvalue weighted by Crippen LogP contribution is 2.31. The number of hydrogen-bond donors (Lipinski definition) is 2. The Bertz CT molecular complexity index is 1530. The molecule has 0 aliphatic rings. The lowest BCUT2D eigenvalue weighted by Crippen LogP contribution is -2.23. The normalized spacial score (nSPS) is 11.4. The van der Waals surface area contributed by atoms with Crippen LogP contribution >= 0.6 is 0 Å². The van der Waals surface area contributed by atoms with Crippen molar-refractivity contribution in [2.45, 2.75) is 4.90 Å². The average Bonchev–Trinajstić information content (AvgIpc) is 3.26. The predicted octanol–water partition coefficient (Wildman–Crippen LogP) is 4.24. The van der Waals surface area contributed by atoms with Gasteiger partial charge in [0, 0.05) is 30.7 Å². The van der Waals surface area contributed by atoms with E-state index in [0.717, 1.165) is 4.31 Å². The van der Waals surface area contributed by atoms with E-state index >= 15 is 0 Å². The van der Waals surface area contributed by atoms with Crippen LogP contribution in [0.5, 0.6) is 5.75 Å². The molecule has 0 fully saturated rings. The number of furan rings is 1. The van der Waals surface area contributed by atoms with Gasteiger partial charge in [0.2, 0.25) is 15.8 Å². The molecule has 4 rings (SSSR count). The summed E-state index contributed by atoms with van der Waals surface area (Å²) in [5.41, 5.74) is 1.61. The fourth-order valence-corrected chi connectivity index (χ4v) is 4.50. The van der Waals surface area contributed by atoms with Crippen LogP contribution in [0.2, 0.25) is 0 Å². The van der Waals surface area contributed by atoms with Crippen LogP contribution < -0.4 is 15.4 Å². The van der Waals surface area contributed by atoms with Crippen LogP contribution in [0, 0.1) is 0 Å². The zero-order valence-corrected chi connectivity index (χ0v) is 20.8. The summed E-state index contributed by atoms with van der Waals surface area (Å²) in [6.07, 6.45) is 0. The summed E-state index contributed by atoms with van der Waals surface area (Å²) in [5, 5.41) is 6.43. The smallest absolute Gasteiger partial charge is 0.293 e. The molecule has 36 heavy (non-hydrogen) atoms. The van der Waals surface area contributed by atoms with Gasteiger partial charge in [-0.15, -0.1) is 0 Å². The van der Waals surface area contributed by atoms with Gasteiger partial charge in [-0.25, -0.2) is 12.7 Å². The lowest BCUT2D eigenvalue weighted by Gasteiger charge is -2.12. The van der Waals surface area contributed by atoms with Gasteiger partial charge in [0.15, 0.2) is 5.78 Å². The third kappa shape index (κ3) is 5.09. The summed E-state index contributed by atoms with van der Waals surface area (Å²) in [7, 11) is 0.716. The Labute approximate surface area is 208 Å². The van der Waals surface area contributed by atoms with E-state index in [1.165, 1.54) is 32.3 Å². The number of sulfonamides is 1. The molecule has 0 saturated carbocycles. The maximum absolute atomic E-state index is 13.1. The summed E-state index contributed by atoms with van der Waals surface area (Å²) in [6.45, 7) is -0.183. The van der Waals surface area contributed by atoms with Gasteiger partial charge in [-0.05, 0) is 48.5 Å². The van der Waals surface area contributed by atoms with Gasteiger partial charge < -0.3 is 19.8 Å². The molecule has 0 aliphatic carbocycles. The predicted molar refractivity (Wildman–Crippen MR) is 137 cm³/mol. The van der Waals surface area contributed by atoms with E-state index in [2.05, 4.69) is 10.6 Å². The monoisotopic (exact) mass is 507 g/mol. The zero-order valence-electron chi connectivity index (χ0n) is 19.9. The standard InChI is InChI=1S/C26H25N3O6S/c1-29(2)36(32,33)20-8-6-7-17(15-20)22(30)16-27-24-21-9-4-5-10-23(21)35-25(24)26(31)28-18-11-13-19(34-3)14-12-18/h4-15,27H,16H2,1-3H3,(H,28,31). The van der Waals surface area contributed by atoms with Crippen molar-refractivity contribution in [3.05, 3.63) is 84.1 Å². The minimum Gasteiger partial charge on any atom is -0.497 e. The summed E-state index contributed by atoms with van der Waals surface area (Å²) in [6, 6.07) is 19.8. The molecule has 186 valence electrons. The van der Waals surface area contributed by atoms with Crippen molar-refractivity contribution in [2.24, 2.45) is 0 Å².